The quantitative estimate of drug-likeness (QED) is 0.661. The summed E-state index contributed by atoms with van der Waals surface area (Å²) in [7, 11) is 0. The number of benzene rings is 1. The first-order valence-corrected chi connectivity index (χ1v) is 8.91. The predicted molar refractivity (Wildman–Crippen MR) is 103 cm³/mol. The van der Waals surface area contributed by atoms with E-state index in [-0.39, 0.29) is 28.3 Å². The molecule has 0 radical (unpaired) electrons. The van der Waals surface area contributed by atoms with Gasteiger partial charge in [-0.05, 0) is 37.0 Å². The van der Waals surface area contributed by atoms with Gasteiger partial charge >= 0.3 is 5.97 Å². The van der Waals surface area contributed by atoms with Crippen molar-refractivity contribution in [3.8, 4) is 0 Å². The maximum Gasteiger partial charge on any atom is 0.329 e. The smallest absolute Gasteiger partial charge is 0.329 e. The fourth-order valence-electron chi connectivity index (χ4n) is 2.50. The van der Waals surface area contributed by atoms with Crippen molar-refractivity contribution in [1.82, 2.24) is 5.32 Å². The van der Waals surface area contributed by atoms with E-state index in [1.54, 1.807) is 6.07 Å². The predicted octanol–water partition coefficient (Wildman–Crippen LogP) is 4.09. The highest BCUT2D eigenvalue weighted by atomic mass is 35.5. The minimum absolute atomic E-state index is 0.115. The van der Waals surface area contributed by atoms with Crippen LogP contribution in [0, 0.1) is 5.41 Å². The van der Waals surface area contributed by atoms with Crippen molar-refractivity contribution < 1.29 is 19.5 Å². The first-order valence-electron chi connectivity index (χ1n) is 8.53. The topological polar surface area (TPSA) is 95.5 Å². The normalized spacial score (nSPS) is 13.6. The lowest BCUT2D eigenvalue weighted by atomic mass is 9.92. The van der Waals surface area contributed by atoms with Crippen LogP contribution in [-0.2, 0) is 9.59 Å². The zero-order valence-corrected chi connectivity index (χ0v) is 16.7. The number of carboxylic acids is 1. The van der Waals surface area contributed by atoms with E-state index < -0.39 is 17.4 Å². The van der Waals surface area contributed by atoms with Crippen LogP contribution in [0.5, 0.6) is 0 Å². The van der Waals surface area contributed by atoms with E-state index >= 15 is 0 Å². The van der Waals surface area contributed by atoms with Crippen LogP contribution in [-0.4, -0.2) is 28.4 Å². The number of rotatable bonds is 7. The molecule has 1 unspecified atom stereocenters. The number of carbonyl (C=O) groups excluding carboxylic acids is 2. The molecule has 7 heteroatoms. The third-order valence-corrected chi connectivity index (χ3v) is 4.13. The second-order valence-corrected chi connectivity index (χ2v) is 8.23. The number of hydrogen-bond acceptors (Lipinski definition) is 3. The Bertz CT molecular complexity index is 697. The third-order valence-electron chi connectivity index (χ3n) is 3.80. The van der Waals surface area contributed by atoms with E-state index in [4.69, 9.17) is 11.6 Å². The number of carboxylic acid groups (broad SMARTS) is 1. The van der Waals surface area contributed by atoms with Crippen LogP contribution in [0.2, 0.25) is 5.02 Å². The van der Waals surface area contributed by atoms with Gasteiger partial charge < -0.3 is 15.7 Å². The highest BCUT2D eigenvalue weighted by Gasteiger charge is 2.34. The van der Waals surface area contributed by atoms with Gasteiger partial charge in [0.2, 0.25) is 5.91 Å². The Morgan fingerprint density at radius 3 is 2.27 bits per heavy atom. The molecule has 1 rings (SSSR count). The van der Waals surface area contributed by atoms with Crippen molar-refractivity contribution in [2.24, 2.45) is 5.41 Å². The Kier molecular flexibility index (Phi) is 7.21. The van der Waals surface area contributed by atoms with E-state index in [0.717, 1.165) is 0 Å². The second-order valence-electron chi connectivity index (χ2n) is 7.82. The van der Waals surface area contributed by atoms with Crippen LogP contribution in [0.15, 0.2) is 18.2 Å². The molecule has 0 aliphatic rings. The molecule has 1 atom stereocenters. The van der Waals surface area contributed by atoms with Crippen molar-refractivity contribution in [3.05, 3.63) is 28.8 Å². The van der Waals surface area contributed by atoms with Gasteiger partial charge in [-0.2, -0.15) is 0 Å². The molecular formula is C19H27ClN2O4. The van der Waals surface area contributed by atoms with Crippen LogP contribution < -0.4 is 10.6 Å². The van der Waals surface area contributed by atoms with Crippen LogP contribution >= 0.6 is 11.6 Å². The number of carbonyl (C=O) groups is 3. The Hall–Kier alpha value is -2.08. The zero-order valence-electron chi connectivity index (χ0n) is 15.9. The summed E-state index contributed by atoms with van der Waals surface area (Å²) in [4.78, 5) is 36.1. The second kappa shape index (κ2) is 8.54. The molecule has 1 aromatic rings. The molecule has 1 aromatic carbocycles. The first-order chi connectivity index (χ1) is 11.9. The SMILES string of the molecule is CCCC(C)(NC(=O)c1cc(NC(=O)CC(C)(C)C)ccc1Cl)C(=O)O. The summed E-state index contributed by atoms with van der Waals surface area (Å²) >= 11 is 6.10. The van der Waals surface area contributed by atoms with Gasteiger partial charge in [-0.25, -0.2) is 4.79 Å². The van der Waals surface area contributed by atoms with Crippen molar-refractivity contribution >= 4 is 35.1 Å². The molecular weight excluding hydrogens is 356 g/mol. The van der Waals surface area contributed by atoms with Gasteiger partial charge in [0.1, 0.15) is 5.54 Å². The largest absolute Gasteiger partial charge is 0.480 e. The van der Waals surface area contributed by atoms with Crippen molar-refractivity contribution in [2.75, 3.05) is 5.32 Å². The maximum atomic E-state index is 12.6. The van der Waals surface area contributed by atoms with Crippen molar-refractivity contribution in [3.63, 3.8) is 0 Å². The van der Waals surface area contributed by atoms with Crippen LogP contribution in [0.25, 0.3) is 0 Å². The number of aliphatic carboxylic acids is 1. The van der Waals surface area contributed by atoms with Gasteiger partial charge in [-0.3, -0.25) is 9.59 Å². The fraction of sp³-hybridized carbons (Fsp3) is 0.526. The minimum Gasteiger partial charge on any atom is -0.480 e. The van der Waals surface area contributed by atoms with Gasteiger partial charge in [0, 0.05) is 12.1 Å². The summed E-state index contributed by atoms with van der Waals surface area (Å²) in [6.45, 7) is 9.15. The molecule has 6 nitrogen and oxygen atoms in total. The van der Waals surface area contributed by atoms with E-state index in [0.29, 0.717) is 18.5 Å². The highest BCUT2D eigenvalue weighted by Crippen LogP contribution is 2.24. The van der Waals surface area contributed by atoms with Crippen molar-refractivity contribution in [2.45, 2.75) is 59.4 Å². The van der Waals surface area contributed by atoms with Gasteiger partial charge in [-0.15, -0.1) is 0 Å². The number of anilines is 1. The van der Waals surface area contributed by atoms with Gasteiger partial charge in [-0.1, -0.05) is 45.7 Å². The van der Waals surface area contributed by atoms with Gasteiger partial charge in [0.05, 0.1) is 10.6 Å². The van der Waals surface area contributed by atoms with E-state index in [1.807, 2.05) is 27.7 Å². The average molecular weight is 383 g/mol. The molecule has 0 bridgehead atoms. The third kappa shape index (κ3) is 6.33. The van der Waals surface area contributed by atoms with E-state index in [2.05, 4.69) is 10.6 Å². The number of amides is 2. The van der Waals surface area contributed by atoms with E-state index in [9.17, 15) is 19.5 Å². The summed E-state index contributed by atoms with van der Waals surface area (Å²) in [6, 6.07) is 4.55. The fourth-order valence-corrected chi connectivity index (χ4v) is 2.71. The molecule has 0 aromatic heterocycles. The average Bonchev–Trinajstić information content (AvgIpc) is 2.47. The monoisotopic (exact) mass is 382 g/mol. The number of halogens is 1. The summed E-state index contributed by atoms with van der Waals surface area (Å²) in [5, 5.41) is 14.9. The van der Waals surface area contributed by atoms with Crippen molar-refractivity contribution in [1.29, 1.82) is 0 Å². The van der Waals surface area contributed by atoms with Crippen LogP contribution in [0.4, 0.5) is 5.69 Å². The number of nitrogens with one attached hydrogen (secondary N) is 2. The van der Waals surface area contributed by atoms with Crippen LogP contribution in [0.1, 0.15) is 64.2 Å². The lowest BCUT2D eigenvalue weighted by molar-refractivity contribution is -0.144. The minimum atomic E-state index is -1.39. The molecule has 0 aliphatic carbocycles. The maximum absolute atomic E-state index is 12.6. The molecule has 2 amide bonds. The lowest BCUT2D eigenvalue weighted by Crippen LogP contribution is -2.52. The summed E-state index contributed by atoms with van der Waals surface area (Å²) in [5.74, 6) is -1.88. The number of hydrogen-bond donors (Lipinski definition) is 3. The summed E-state index contributed by atoms with van der Waals surface area (Å²) in [6.07, 6.45) is 1.21. The standard InChI is InChI=1S/C19H27ClN2O4/c1-6-9-19(5,17(25)26)22-16(24)13-10-12(7-8-14(13)20)21-15(23)11-18(2,3)4/h7-8,10H,6,9,11H2,1-5H3,(H,21,23)(H,22,24)(H,25,26). The molecule has 0 heterocycles. The molecule has 144 valence electrons. The van der Waals surface area contributed by atoms with Gasteiger partial charge in [0.25, 0.3) is 5.91 Å². The highest BCUT2D eigenvalue weighted by molar-refractivity contribution is 6.34. The molecule has 26 heavy (non-hydrogen) atoms. The Balaban J connectivity index is 3.01. The van der Waals surface area contributed by atoms with Crippen LogP contribution in [0.3, 0.4) is 0 Å². The molecule has 0 spiro atoms. The molecule has 0 aliphatic heterocycles. The molecule has 0 saturated carbocycles. The summed E-state index contributed by atoms with van der Waals surface area (Å²) in [5.41, 5.74) is -1.01. The lowest BCUT2D eigenvalue weighted by Gasteiger charge is -2.26. The Labute approximate surface area is 159 Å². The van der Waals surface area contributed by atoms with E-state index in [1.165, 1.54) is 19.1 Å². The molecule has 0 fully saturated rings. The van der Waals surface area contributed by atoms with Gasteiger partial charge in [0.15, 0.2) is 0 Å². The zero-order chi connectivity index (χ0) is 20.1. The summed E-state index contributed by atoms with van der Waals surface area (Å²) < 4.78 is 0. The Morgan fingerprint density at radius 1 is 1.15 bits per heavy atom. The Morgan fingerprint density at radius 2 is 1.77 bits per heavy atom. The molecule has 3 N–H and O–H groups in total. The first kappa shape index (κ1) is 22.0. The molecule has 0 saturated heterocycles.